The highest BCUT2D eigenvalue weighted by Crippen LogP contribution is 2.45. The van der Waals surface area contributed by atoms with Crippen molar-refractivity contribution in [3.8, 4) is 0 Å². The minimum absolute atomic E-state index is 0.221. The summed E-state index contributed by atoms with van der Waals surface area (Å²) >= 11 is 0. The fourth-order valence-corrected chi connectivity index (χ4v) is 2.48. The van der Waals surface area contributed by atoms with Gasteiger partial charge in [-0.25, -0.2) is 4.99 Å². The number of hydrogen-bond acceptors (Lipinski definition) is 4. The molecule has 0 bridgehead atoms. The summed E-state index contributed by atoms with van der Waals surface area (Å²) in [5.74, 6) is 0.290. The fourth-order valence-electron chi connectivity index (χ4n) is 1.30. The maximum atomic E-state index is 11.9. The number of rotatable bonds is 1. The van der Waals surface area contributed by atoms with Crippen molar-refractivity contribution in [2.45, 2.75) is 6.92 Å². The van der Waals surface area contributed by atoms with Gasteiger partial charge in [0.05, 0.1) is 6.20 Å². The third kappa shape index (κ3) is 1.88. The second kappa shape index (κ2) is 3.79. The summed E-state index contributed by atoms with van der Waals surface area (Å²) in [6.07, 6.45) is 7.27. The molecule has 0 atom stereocenters. The number of amidine groups is 1. The Balaban J connectivity index is 2.13. The van der Waals surface area contributed by atoms with Crippen molar-refractivity contribution in [2.24, 2.45) is 4.99 Å². The number of hydrogen-bond donors (Lipinski definition) is 1. The quantitative estimate of drug-likeness (QED) is 0.809. The average molecular weight is 239 g/mol. The first-order valence-electron chi connectivity index (χ1n) is 4.71. The van der Waals surface area contributed by atoms with Crippen LogP contribution in [-0.4, -0.2) is 28.7 Å². The van der Waals surface area contributed by atoms with Gasteiger partial charge in [0.25, 0.3) is 5.91 Å². The number of aryl methyl sites for hydroxylation is 1. The fraction of sp³-hybridized carbons (Fsp3) is 0.300. The Kier molecular flexibility index (Phi) is 2.59. The molecule has 1 amide bonds. The van der Waals surface area contributed by atoms with E-state index in [1.807, 2.05) is 5.41 Å². The Morgan fingerprint density at radius 1 is 1.50 bits per heavy atom. The Labute approximate surface area is 94.9 Å². The number of nitrogens with one attached hydrogen (secondary N) is 1. The Morgan fingerprint density at radius 3 is 2.75 bits per heavy atom. The molecule has 5 nitrogen and oxygen atoms in total. The van der Waals surface area contributed by atoms with Crippen molar-refractivity contribution in [1.82, 2.24) is 10.5 Å². The molecule has 1 aliphatic rings. The minimum atomic E-state index is -1.10. The average Bonchev–Trinajstić information content (AvgIpc) is 2.74. The van der Waals surface area contributed by atoms with Crippen LogP contribution in [0.3, 0.4) is 0 Å². The van der Waals surface area contributed by atoms with E-state index in [-0.39, 0.29) is 5.91 Å². The predicted octanol–water partition coefficient (Wildman–Crippen LogP) is 1.62. The molecule has 2 heterocycles. The van der Waals surface area contributed by atoms with Crippen LogP contribution in [0.25, 0.3) is 0 Å². The van der Waals surface area contributed by atoms with Gasteiger partial charge in [-0.05, 0) is 24.8 Å². The summed E-state index contributed by atoms with van der Waals surface area (Å²) in [6.45, 7) is 1.70. The van der Waals surface area contributed by atoms with Gasteiger partial charge in [-0.2, -0.15) is 10.0 Å². The van der Waals surface area contributed by atoms with E-state index < -0.39 is 10.0 Å². The smallest absolute Gasteiger partial charge is 0.262 e. The number of carbonyl (C=O) groups excluding carboxylic acids is 1. The van der Waals surface area contributed by atoms with Gasteiger partial charge < -0.3 is 9.84 Å². The molecule has 0 fully saturated rings. The van der Waals surface area contributed by atoms with Gasteiger partial charge in [-0.15, -0.1) is 0 Å². The highest BCUT2D eigenvalue weighted by molar-refractivity contribution is 8.46. The molecule has 6 heteroatoms. The van der Waals surface area contributed by atoms with Crippen molar-refractivity contribution in [3.63, 3.8) is 0 Å². The van der Waals surface area contributed by atoms with Crippen LogP contribution in [0.2, 0.25) is 0 Å². The van der Waals surface area contributed by atoms with Crippen LogP contribution in [0.5, 0.6) is 0 Å². The van der Waals surface area contributed by atoms with E-state index in [4.69, 9.17) is 4.52 Å². The molecule has 86 valence electrons. The van der Waals surface area contributed by atoms with Crippen molar-refractivity contribution < 1.29 is 9.32 Å². The molecule has 0 saturated heterocycles. The molecule has 0 spiro atoms. The summed E-state index contributed by atoms with van der Waals surface area (Å²) in [5, 5.41) is 9.10. The molecule has 16 heavy (non-hydrogen) atoms. The normalized spacial score (nSPS) is 19.3. The van der Waals surface area contributed by atoms with Crippen LogP contribution < -0.4 is 5.32 Å². The molecule has 1 aromatic rings. The van der Waals surface area contributed by atoms with Crippen LogP contribution in [0, 0.1) is 6.92 Å². The molecule has 0 unspecified atom stereocenters. The summed E-state index contributed by atoms with van der Waals surface area (Å²) in [4.78, 5) is 16.0. The molecule has 2 rings (SSSR count). The first-order chi connectivity index (χ1) is 7.50. The van der Waals surface area contributed by atoms with Crippen molar-refractivity contribution in [3.05, 3.63) is 29.1 Å². The van der Waals surface area contributed by atoms with Gasteiger partial charge in [0.2, 0.25) is 0 Å². The Morgan fingerprint density at radius 2 is 2.25 bits per heavy atom. The van der Waals surface area contributed by atoms with Gasteiger partial charge in [-0.1, -0.05) is 5.16 Å². The summed E-state index contributed by atoms with van der Waals surface area (Å²) in [6, 6.07) is 0. The van der Waals surface area contributed by atoms with E-state index in [0.29, 0.717) is 11.3 Å². The predicted molar refractivity (Wildman–Crippen MR) is 64.7 cm³/mol. The van der Waals surface area contributed by atoms with Crippen molar-refractivity contribution in [1.29, 1.82) is 0 Å². The highest BCUT2D eigenvalue weighted by atomic mass is 32.3. The number of aliphatic imine (C=N–C) groups is 1. The summed E-state index contributed by atoms with van der Waals surface area (Å²) < 4.78 is 4.84. The Hall–Kier alpha value is -1.56. The molecule has 1 aliphatic heterocycles. The largest absolute Gasteiger partial charge is 0.361 e. The molecule has 1 N–H and O–H groups in total. The van der Waals surface area contributed by atoms with Crippen molar-refractivity contribution in [2.75, 3.05) is 12.5 Å². The summed E-state index contributed by atoms with van der Waals surface area (Å²) in [5.41, 5.74) is 0.449. The third-order valence-electron chi connectivity index (χ3n) is 2.31. The lowest BCUT2D eigenvalue weighted by atomic mass is 10.3. The van der Waals surface area contributed by atoms with Gasteiger partial charge in [0.15, 0.2) is 5.17 Å². The topological polar surface area (TPSA) is 67.5 Å². The first-order valence-corrected chi connectivity index (χ1v) is 7.22. The monoisotopic (exact) mass is 239 g/mol. The zero-order chi connectivity index (χ0) is 11.8. The van der Waals surface area contributed by atoms with E-state index in [2.05, 4.69) is 28.0 Å². The zero-order valence-corrected chi connectivity index (χ0v) is 10.2. The van der Waals surface area contributed by atoms with Crippen LogP contribution >= 0.6 is 10.0 Å². The second-order valence-electron chi connectivity index (χ2n) is 3.87. The van der Waals surface area contributed by atoms with Crippen LogP contribution in [0.4, 0.5) is 0 Å². The summed E-state index contributed by atoms with van der Waals surface area (Å²) in [7, 11) is -1.10. The molecule has 0 saturated carbocycles. The first kappa shape index (κ1) is 10.9. The lowest BCUT2D eigenvalue weighted by molar-refractivity contribution is 0.0976. The third-order valence-corrected chi connectivity index (χ3v) is 4.31. The minimum Gasteiger partial charge on any atom is -0.361 e. The second-order valence-corrected chi connectivity index (χ2v) is 7.35. The van der Waals surface area contributed by atoms with E-state index >= 15 is 0 Å². The van der Waals surface area contributed by atoms with Gasteiger partial charge in [-0.3, -0.25) is 4.79 Å². The zero-order valence-electron chi connectivity index (χ0n) is 9.35. The van der Waals surface area contributed by atoms with E-state index in [1.54, 1.807) is 13.1 Å². The standard InChI is InChI=1S/C10H13N3O2S/c1-7-8(6-12-15-7)9(14)13-10-11-4-5-16(10,2)3/h4-6H,1-3H3,(H,11,13,14). The molecule has 0 aliphatic carbocycles. The molecule has 0 radical (unpaired) electrons. The molecule has 0 aromatic carbocycles. The molecule has 1 aromatic heterocycles. The van der Waals surface area contributed by atoms with Gasteiger partial charge in [0.1, 0.15) is 11.3 Å². The van der Waals surface area contributed by atoms with Gasteiger partial charge >= 0.3 is 0 Å². The SMILES string of the molecule is Cc1oncc1C(=O)NC1=NC=CS1(C)C. The van der Waals surface area contributed by atoms with Crippen molar-refractivity contribution >= 4 is 21.1 Å². The van der Waals surface area contributed by atoms with Crippen LogP contribution in [0.15, 0.2) is 27.3 Å². The lowest BCUT2D eigenvalue weighted by Gasteiger charge is -2.24. The van der Waals surface area contributed by atoms with E-state index in [0.717, 1.165) is 5.17 Å². The van der Waals surface area contributed by atoms with Crippen LogP contribution in [0.1, 0.15) is 16.1 Å². The maximum absolute atomic E-state index is 11.9. The van der Waals surface area contributed by atoms with E-state index in [1.165, 1.54) is 6.20 Å². The maximum Gasteiger partial charge on any atom is 0.262 e. The number of aromatic nitrogens is 1. The lowest BCUT2D eigenvalue weighted by Crippen LogP contribution is -2.32. The molecular formula is C10H13N3O2S. The van der Waals surface area contributed by atoms with E-state index in [9.17, 15) is 4.79 Å². The number of nitrogens with zero attached hydrogens (tertiary/aromatic N) is 2. The van der Waals surface area contributed by atoms with Crippen LogP contribution in [-0.2, 0) is 0 Å². The molecular weight excluding hydrogens is 226 g/mol. The highest BCUT2D eigenvalue weighted by Gasteiger charge is 2.23. The number of amides is 1. The Bertz CT molecular complexity index is 488. The number of carbonyl (C=O) groups is 1. The van der Waals surface area contributed by atoms with Gasteiger partial charge in [0, 0.05) is 6.20 Å².